The molecule has 0 bridgehead atoms. The standard InChI is InChI=1S/C23H24N2O5/c1-28-17-8-6-16(7-9-17)19(25-10-12-29-13-11-25)15-24-23(27)22-14-20(26)18-4-2-3-5-21(18)30-22/h2-9,14,19H,10-13,15H2,1H3,(H,24,27). The lowest BCUT2D eigenvalue weighted by Crippen LogP contribution is -2.43. The summed E-state index contributed by atoms with van der Waals surface area (Å²) in [6.45, 7) is 3.23. The number of para-hydroxylation sites is 1. The van der Waals surface area contributed by atoms with Crippen LogP contribution in [-0.2, 0) is 4.74 Å². The van der Waals surface area contributed by atoms with Crippen molar-refractivity contribution in [2.45, 2.75) is 6.04 Å². The number of carbonyl (C=O) groups excluding carboxylic acids is 1. The Kier molecular flexibility index (Phi) is 6.11. The van der Waals surface area contributed by atoms with E-state index < -0.39 is 5.91 Å². The number of carbonyl (C=O) groups is 1. The van der Waals surface area contributed by atoms with Crippen LogP contribution in [0.15, 0.2) is 63.8 Å². The molecule has 1 unspecified atom stereocenters. The molecule has 3 aromatic rings. The highest BCUT2D eigenvalue weighted by molar-refractivity contribution is 5.93. The first-order valence-electron chi connectivity index (χ1n) is 9.92. The molecule has 1 aliphatic rings. The maximum Gasteiger partial charge on any atom is 0.287 e. The third-order valence-electron chi connectivity index (χ3n) is 5.30. The van der Waals surface area contributed by atoms with Gasteiger partial charge in [0.25, 0.3) is 5.91 Å². The first-order valence-corrected chi connectivity index (χ1v) is 9.92. The maximum atomic E-state index is 12.8. The summed E-state index contributed by atoms with van der Waals surface area (Å²) in [5.74, 6) is 0.375. The lowest BCUT2D eigenvalue weighted by Gasteiger charge is -2.35. The monoisotopic (exact) mass is 408 g/mol. The Morgan fingerprint density at radius 1 is 1.13 bits per heavy atom. The molecule has 0 radical (unpaired) electrons. The van der Waals surface area contributed by atoms with Gasteiger partial charge in [-0.15, -0.1) is 0 Å². The van der Waals surface area contributed by atoms with Crippen LogP contribution in [0.5, 0.6) is 5.75 Å². The van der Waals surface area contributed by atoms with E-state index in [1.165, 1.54) is 6.07 Å². The third-order valence-corrected chi connectivity index (χ3v) is 5.30. The van der Waals surface area contributed by atoms with Crippen LogP contribution in [0.3, 0.4) is 0 Å². The van der Waals surface area contributed by atoms with Crippen molar-refractivity contribution in [2.75, 3.05) is 40.0 Å². The minimum atomic E-state index is -0.412. The molecule has 1 N–H and O–H groups in total. The average molecular weight is 408 g/mol. The van der Waals surface area contributed by atoms with E-state index in [9.17, 15) is 9.59 Å². The number of nitrogens with one attached hydrogen (secondary N) is 1. The zero-order valence-electron chi connectivity index (χ0n) is 16.8. The molecule has 1 amide bonds. The Hall–Kier alpha value is -3.16. The van der Waals surface area contributed by atoms with Crippen LogP contribution in [0.25, 0.3) is 11.0 Å². The van der Waals surface area contributed by atoms with E-state index in [0.29, 0.717) is 30.7 Å². The smallest absolute Gasteiger partial charge is 0.287 e. The Morgan fingerprint density at radius 2 is 1.87 bits per heavy atom. The number of fused-ring (bicyclic) bond motifs is 1. The molecule has 4 rings (SSSR count). The number of benzene rings is 2. The first kappa shape index (κ1) is 20.1. The zero-order chi connectivity index (χ0) is 20.9. The predicted molar refractivity (Wildman–Crippen MR) is 113 cm³/mol. The summed E-state index contributed by atoms with van der Waals surface area (Å²) in [4.78, 5) is 27.3. The summed E-state index contributed by atoms with van der Waals surface area (Å²) < 4.78 is 16.4. The van der Waals surface area contributed by atoms with Gasteiger partial charge in [0.1, 0.15) is 11.3 Å². The van der Waals surface area contributed by atoms with Gasteiger partial charge in [-0.25, -0.2) is 0 Å². The van der Waals surface area contributed by atoms with E-state index >= 15 is 0 Å². The quantitative estimate of drug-likeness (QED) is 0.675. The van der Waals surface area contributed by atoms with Gasteiger partial charge in [0, 0.05) is 25.7 Å². The number of hydrogen-bond acceptors (Lipinski definition) is 6. The van der Waals surface area contributed by atoms with Crippen molar-refractivity contribution >= 4 is 16.9 Å². The molecule has 2 aromatic carbocycles. The molecular weight excluding hydrogens is 384 g/mol. The highest BCUT2D eigenvalue weighted by Crippen LogP contribution is 2.24. The summed E-state index contributed by atoms with van der Waals surface area (Å²) in [5, 5.41) is 3.39. The molecule has 1 saturated heterocycles. The topological polar surface area (TPSA) is 81.0 Å². The van der Waals surface area contributed by atoms with Crippen molar-refractivity contribution in [1.82, 2.24) is 10.2 Å². The van der Waals surface area contributed by atoms with Crippen molar-refractivity contribution in [3.63, 3.8) is 0 Å². The van der Waals surface area contributed by atoms with Crippen LogP contribution in [0, 0.1) is 0 Å². The van der Waals surface area contributed by atoms with Gasteiger partial charge in [-0.2, -0.15) is 0 Å². The highest BCUT2D eigenvalue weighted by Gasteiger charge is 2.24. The summed E-state index contributed by atoms with van der Waals surface area (Å²) in [6.07, 6.45) is 0. The van der Waals surface area contributed by atoms with Gasteiger partial charge in [-0.3, -0.25) is 14.5 Å². The van der Waals surface area contributed by atoms with E-state index in [0.717, 1.165) is 24.4 Å². The second-order valence-corrected chi connectivity index (χ2v) is 7.12. The number of methoxy groups -OCH3 is 1. The Labute approximate surface area is 174 Å². The van der Waals surface area contributed by atoms with Gasteiger partial charge < -0.3 is 19.2 Å². The molecular formula is C23H24N2O5. The number of rotatable bonds is 6. The fourth-order valence-corrected chi connectivity index (χ4v) is 3.67. The Bertz CT molecular complexity index is 1070. The third kappa shape index (κ3) is 4.37. The molecule has 1 aromatic heterocycles. The summed E-state index contributed by atoms with van der Waals surface area (Å²) in [5.41, 5.74) is 1.23. The van der Waals surface area contributed by atoms with E-state index in [2.05, 4.69) is 10.2 Å². The molecule has 7 nitrogen and oxygen atoms in total. The van der Waals surface area contributed by atoms with Crippen molar-refractivity contribution in [2.24, 2.45) is 0 Å². The minimum Gasteiger partial charge on any atom is -0.497 e. The van der Waals surface area contributed by atoms with Gasteiger partial charge in [0.15, 0.2) is 11.2 Å². The molecule has 156 valence electrons. The predicted octanol–water partition coefficient (Wildman–Crippen LogP) is 2.60. The average Bonchev–Trinajstić information content (AvgIpc) is 2.80. The molecule has 2 heterocycles. The van der Waals surface area contributed by atoms with Crippen LogP contribution < -0.4 is 15.5 Å². The van der Waals surface area contributed by atoms with Crippen LogP contribution >= 0.6 is 0 Å². The van der Waals surface area contributed by atoms with Gasteiger partial charge in [-0.1, -0.05) is 24.3 Å². The van der Waals surface area contributed by atoms with Gasteiger partial charge in [0.2, 0.25) is 0 Å². The lowest BCUT2D eigenvalue weighted by atomic mass is 10.0. The normalized spacial score (nSPS) is 15.6. The van der Waals surface area contributed by atoms with Crippen molar-refractivity contribution in [3.8, 4) is 5.75 Å². The second kappa shape index (κ2) is 9.11. The van der Waals surface area contributed by atoms with Gasteiger partial charge in [0.05, 0.1) is 31.8 Å². The second-order valence-electron chi connectivity index (χ2n) is 7.12. The Balaban J connectivity index is 1.54. The number of morpholine rings is 1. The highest BCUT2D eigenvalue weighted by atomic mass is 16.5. The molecule has 1 atom stereocenters. The van der Waals surface area contributed by atoms with E-state index in [-0.39, 0.29) is 17.2 Å². The van der Waals surface area contributed by atoms with Gasteiger partial charge >= 0.3 is 0 Å². The fourth-order valence-electron chi connectivity index (χ4n) is 3.67. The molecule has 0 aliphatic carbocycles. The summed E-state index contributed by atoms with van der Waals surface area (Å²) >= 11 is 0. The number of nitrogens with zero attached hydrogens (tertiary/aromatic N) is 1. The van der Waals surface area contributed by atoms with Crippen LogP contribution in [0.1, 0.15) is 22.2 Å². The summed E-state index contributed by atoms with van der Waals surface area (Å²) in [7, 11) is 1.63. The van der Waals surface area contributed by atoms with Crippen LogP contribution in [0.2, 0.25) is 0 Å². The molecule has 0 spiro atoms. The van der Waals surface area contributed by atoms with Crippen molar-refractivity contribution < 1.29 is 18.7 Å². The molecule has 30 heavy (non-hydrogen) atoms. The minimum absolute atomic E-state index is 0.00848. The molecule has 7 heteroatoms. The number of amides is 1. The molecule has 1 aliphatic heterocycles. The summed E-state index contributed by atoms with van der Waals surface area (Å²) in [6, 6.07) is 15.9. The van der Waals surface area contributed by atoms with E-state index in [1.807, 2.05) is 24.3 Å². The number of ether oxygens (including phenoxy) is 2. The first-order chi connectivity index (χ1) is 14.7. The van der Waals surface area contributed by atoms with E-state index in [1.54, 1.807) is 31.4 Å². The molecule has 1 fully saturated rings. The largest absolute Gasteiger partial charge is 0.497 e. The zero-order valence-corrected chi connectivity index (χ0v) is 16.8. The number of hydrogen-bond donors (Lipinski definition) is 1. The van der Waals surface area contributed by atoms with Crippen molar-refractivity contribution in [3.05, 3.63) is 76.1 Å². The molecule has 0 saturated carbocycles. The Morgan fingerprint density at radius 3 is 2.60 bits per heavy atom. The van der Waals surface area contributed by atoms with Crippen LogP contribution in [-0.4, -0.2) is 50.8 Å². The van der Waals surface area contributed by atoms with Crippen LogP contribution in [0.4, 0.5) is 0 Å². The van der Waals surface area contributed by atoms with Gasteiger partial charge in [-0.05, 0) is 29.8 Å². The van der Waals surface area contributed by atoms with Crippen molar-refractivity contribution in [1.29, 1.82) is 0 Å². The van der Waals surface area contributed by atoms with E-state index in [4.69, 9.17) is 13.9 Å². The lowest BCUT2D eigenvalue weighted by molar-refractivity contribution is 0.0161. The fraction of sp³-hybridized carbons (Fsp3) is 0.304. The SMILES string of the molecule is COc1ccc(C(CNC(=O)c2cc(=O)c3ccccc3o2)N2CCOCC2)cc1. The maximum absolute atomic E-state index is 12.8.